The molecule has 0 atom stereocenters. The summed E-state index contributed by atoms with van der Waals surface area (Å²) in [7, 11) is 0. The molecule has 0 spiro atoms. The molecule has 1 aromatic heterocycles. The van der Waals surface area contributed by atoms with Crippen LogP contribution in [0, 0.1) is 0 Å². The predicted octanol–water partition coefficient (Wildman–Crippen LogP) is 1.75. The van der Waals surface area contributed by atoms with Crippen molar-refractivity contribution in [2.75, 3.05) is 11.9 Å². The maximum absolute atomic E-state index is 11.2. The van der Waals surface area contributed by atoms with Gasteiger partial charge in [-0.25, -0.2) is 4.98 Å². The highest BCUT2D eigenvalue weighted by atomic mass is 79.9. The number of nitrogens with one attached hydrogen (secondary N) is 1. The summed E-state index contributed by atoms with van der Waals surface area (Å²) in [4.78, 5) is 15.5. The summed E-state index contributed by atoms with van der Waals surface area (Å²) in [5.41, 5.74) is 1.75. The van der Waals surface area contributed by atoms with Gasteiger partial charge in [0.1, 0.15) is 6.61 Å². The fraction of sp³-hybridized carbons (Fsp3) is 0.273. The number of carbonyl (C=O) groups excluding carboxylic acids is 1. The van der Waals surface area contributed by atoms with Gasteiger partial charge in [-0.1, -0.05) is 15.9 Å². The lowest BCUT2D eigenvalue weighted by molar-refractivity contribution is -0.118. The first-order valence-electron chi connectivity index (χ1n) is 5.22. The first kappa shape index (κ1) is 12.1. The molecule has 0 saturated carbocycles. The smallest absolute Gasteiger partial charge is 0.252 e. The van der Waals surface area contributed by atoms with E-state index in [1.807, 2.05) is 29.7 Å². The molecule has 0 bridgehead atoms. The van der Waals surface area contributed by atoms with Gasteiger partial charge in [0.05, 0.1) is 11.0 Å². The molecule has 0 aliphatic heterocycles. The van der Waals surface area contributed by atoms with Crippen molar-refractivity contribution in [3.8, 4) is 0 Å². The van der Waals surface area contributed by atoms with Gasteiger partial charge in [-0.2, -0.15) is 0 Å². The van der Waals surface area contributed by atoms with Crippen LogP contribution in [0.3, 0.4) is 0 Å². The number of benzene rings is 1. The van der Waals surface area contributed by atoms with Gasteiger partial charge in [0.25, 0.3) is 5.91 Å². The van der Waals surface area contributed by atoms with Gasteiger partial charge < -0.3 is 9.67 Å². The second kappa shape index (κ2) is 4.85. The van der Waals surface area contributed by atoms with Crippen molar-refractivity contribution in [3.05, 3.63) is 22.7 Å². The molecule has 0 aliphatic rings. The van der Waals surface area contributed by atoms with Crippen LogP contribution in [0.15, 0.2) is 22.7 Å². The number of amides is 1. The average Bonchev–Trinajstić information content (AvgIpc) is 2.64. The van der Waals surface area contributed by atoms with Gasteiger partial charge in [0.15, 0.2) is 0 Å². The Labute approximate surface area is 107 Å². The first-order valence-corrected chi connectivity index (χ1v) is 6.01. The summed E-state index contributed by atoms with van der Waals surface area (Å²) in [6, 6.07) is 5.74. The van der Waals surface area contributed by atoms with Crippen molar-refractivity contribution < 1.29 is 9.90 Å². The number of fused-ring (bicyclic) bond motifs is 1. The van der Waals surface area contributed by atoms with E-state index in [1.54, 1.807) is 0 Å². The second-order valence-corrected chi connectivity index (χ2v) is 4.43. The molecule has 0 aliphatic carbocycles. The van der Waals surface area contributed by atoms with Gasteiger partial charge >= 0.3 is 0 Å². The Bertz CT molecular complexity index is 565. The van der Waals surface area contributed by atoms with Crippen molar-refractivity contribution in [2.24, 2.45) is 0 Å². The van der Waals surface area contributed by atoms with E-state index in [4.69, 9.17) is 5.11 Å². The lowest BCUT2D eigenvalue weighted by Crippen LogP contribution is -2.18. The van der Waals surface area contributed by atoms with Crippen LogP contribution in [0.4, 0.5) is 5.95 Å². The summed E-state index contributed by atoms with van der Waals surface area (Å²) in [6.07, 6.45) is 0. The maximum atomic E-state index is 11.2. The summed E-state index contributed by atoms with van der Waals surface area (Å²) in [6.45, 7) is 2.12. The number of anilines is 1. The van der Waals surface area contributed by atoms with E-state index in [-0.39, 0.29) is 0 Å². The molecule has 2 rings (SSSR count). The second-order valence-electron chi connectivity index (χ2n) is 3.52. The minimum atomic E-state index is -0.545. The van der Waals surface area contributed by atoms with Gasteiger partial charge in [-0.05, 0) is 25.1 Å². The minimum Gasteiger partial charge on any atom is -0.387 e. The van der Waals surface area contributed by atoms with Crippen molar-refractivity contribution in [2.45, 2.75) is 13.5 Å². The molecule has 90 valence electrons. The Morgan fingerprint density at radius 3 is 3.00 bits per heavy atom. The standard InChI is InChI=1S/C11H12BrN3O2/c1-2-15-9-4-3-7(12)5-8(9)13-11(15)14-10(17)6-16/h3-5,16H,2,6H2,1H3,(H,13,14,17). The third-order valence-corrected chi connectivity index (χ3v) is 2.91. The fourth-order valence-electron chi connectivity index (χ4n) is 1.68. The maximum Gasteiger partial charge on any atom is 0.252 e. The Hall–Kier alpha value is -1.40. The quantitative estimate of drug-likeness (QED) is 0.907. The molecule has 5 nitrogen and oxygen atoms in total. The number of hydrogen-bond acceptors (Lipinski definition) is 3. The molecule has 1 aromatic carbocycles. The number of aromatic nitrogens is 2. The molecular weight excluding hydrogens is 286 g/mol. The zero-order chi connectivity index (χ0) is 12.4. The Kier molecular flexibility index (Phi) is 3.44. The van der Waals surface area contributed by atoms with E-state index >= 15 is 0 Å². The number of carbonyl (C=O) groups is 1. The predicted molar refractivity (Wildman–Crippen MR) is 68.8 cm³/mol. The van der Waals surface area contributed by atoms with Crippen LogP contribution in [-0.2, 0) is 11.3 Å². The third-order valence-electron chi connectivity index (χ3n) is 2.42. The van der Waals surface area contributed by atoms with Crippen molar-refractivity contribution >= 4 is 38.8 Å². The summed E-state index contributed by atoms with van der Waals surface area (Å²) in [5, 5.41) is 11.3. The van der Waals surface area contributed by atoms with Crippen molar-refractivity contribution in [3.63, 3.8) is 0 Å². The normalized spacial score (nSPS) is 10.8. The number of aliphatic hydroxyl groups is 1. The number of aryl methyl sites for hydroxylation is 1. The highest BCUT2D eigenvalue weighted by molar-refractivity contribution is 9.10. The number of nitrogens with zero attached hydrogens (tertiary/aromatic N) is 2. The molecule has 0 saturated heterocycles. The van der Waals surface area contributed by atoms with Gasteiger partial charge in [-0.15, -0.1) is 0 Å². The van der Waals surface area contributed by atoms with E-state index in [9.17, 15) is 4.79 Å². The van der Waals surface area contributed by atoms with Gasteiger partial charge in [0, 0.05) is 11.0 Å². The van der Waals surface area contributed by atoms with Crippen LogP contribution < -0.4 is 5.32 Å². The van der Waals surface area contributed by atoms with Crippen LogP contribution in [0.2, 0.25) is 0 Å². The van der Waals surface area contributed by atoms with Crippen LogP contribution in [0.1, 0.15) is 6.92 Å². The monoisotopic (exact) mass is 297 g/mol. The van der Waals surface area contributed by atoms with E-state index in [0.717, 1.165) is 15.5 Å². The van der Waals surface area contributed by atoms with E-state index < -0.39 is 12.5 Å². The topological polar surface area (TPSA) is 67.2 Å². The molecule has 1 amide bonds. The molecule has 0 unspecified atom stereocenters. The zero-order valence-electron chi connectivity index (χ0n) is 9.27. The molecule has 0 fully saturated rings. The SMILES string of the molecule is CCn1c(NC(=O)CO)nc2cc(Br)ccc21. The lowest BCUT2D eigenvalue weighted by atomic mass is 10.3. The number of aliphatic hydroxyl groups excluding tert-OH is 1. The number of rotatable bonds is 3. The summed E-state index contributed by atoms with van der Waals surface area (Å²) < 4.78 is 2.82. The van der Waals surface area contributed by atoms with Crippen molar-refractivity contribution in [1.29, 1.82) is 0 Å². The van der Waals surface area contributed by atoms with Gasteiger partial charge in [-0.3, -0.25) is 10.1 Å². The first-order chi connectivity index (χ1) is 8.15. The van der Waals surface area contributed by atoms with Crippen molar-refractivity contribution in [1.82, 2.24) is 9.55 Å². The Balaban J connectivity index is 2.51. The van der Waals surface area contributed by atoms with Crippen LogP contribution in [0.25, 0.3) is 11.0 Å². The lowest BCUT2D eigenvalue weighted by Gasteiger charge is -2.05. The number of halogens is 1. The largest absolute Gasteiger partial charge is 0.387 e. The minimum absolute atomic E-state index is 0.458. The molecular formula is C11H12BrN3O2. The average molecular weight is 298 g/mol. The molecule has 17 heavy (non-hydrogen) atoms. The molecule has 2 N–H and O–H groups in total. The summed E-state index contributed by atoms with van der Waals surface area (Å²) >= 11 is 3.38. The molecule has 0 radical (unpaired) electrons. The van der Waals surface area contributed by atoms with E-state index in [2.05, 4.69) is 26.2 Å². The highest BCUT2D eigenvalue weighted by Crippen LogP contribution is 2.23. The van der Waals surface area contributed by atoms with E-state index in [1.165, 1.54) is 0 Å². The number of imidazole rings is 1. The number of hydrogen-bond donors (Lipinski definition) is 2. The molecule has 1 heterocycles. The summed E-state index contributed by atoms with van der Waals surface area (Å²) in [5.74, 6) is -0.00581. The Morgan fingerprint density at radius 2 is 2.35 bits per heavy atom. The highest BCUT2D eigenvalue weighted by Gasteiger charge is 2.11. The zero-order valence-corrected chi connectivity index (χ0v) is 10.9. The third kappa shape index (κ3) is 2.32. The fourth-order valence-corrected chi connectivity index (χ4v) is 2.03. The van der Waals surface area contributed by atoms with Gasteiger partial charge in [0.2, 0.25) is 5.95 Å². The molecule has 6 heteroatoms. The Morgan fingerprint density at radius 1 is 1.59 bits per heavy atom. The molecule has 2 aromatic rings. The van der Waals surface area contributed by atoms with Crippen LogP contribution in [0.5, 0.6) is 0 Å². The van der Waals surface area contributed by atoms with Crippen LogP contribution >= 0.6 is 15.9 Å². The van der Waals surface area contributed by atoms with Crippen LogP contribution in [-0.4, -0.2) is 27.2 Å². The van der Waals surface area contributed by atoms with E-state index in [0.29, 0.717) is 12.5 Å².